The number of benzene rings is 1. The van der Waals surface area contributed by atoms with Crippen LogP contribution in [0.1, 0.15) is 36.7 Å². The first-order chi connectivity index (χ1) is 15.5. The first-order valence-electron chi connectivity index (χ1n) is 10.7. The van der Waals surface area contributed by atoms with Gasteiger partial charge in [-0.1, -0.05) is 11.3 Å². The number of fused-ring (bicyclic) bond motifs is 1. The standard InChI is InChI=1S/C24H26N4O3S/c1-4-30-19-7-8-21-22(12-19)32-24(26-21)27-23(29)18(13-25)11-17-10-15(2)28(16(17)3)14-20-6-5-9-31-20/h7-8,10-12,20H,4-6,9,14H2,1-3H3,(H,26,27,29). The molecule has 1 aliphatic heterocycles. The molecule has 3 heterocycles. The van der Waals surface area contributed by atoms with Crippen LogP contribution in [0.3, 0.4) is 0 Å². The largest absolute Gasteiger partial charge is 0.494 e. The fourth-order valence-electron chi connectivity index (χ4n) is 3.93. The summed E-state index contributed by atoms with van der Waals surface area (Å²) < 4.78 is 14.4. The number of nitriles is 1. The molecule has 1 fully saturated rings. The Morgan fingerprint density at radius 3 is 3.00 bits per heavy atom. The van der Waals surface area contributed by atoms with Crippen molar-refractivity contribution < 1.29 is 14.3 Å². The lowest BCUT2D eigenvalue weighted by atomic mass is 10.1. The third kappa shape index (κ3) is 4.69. The molecule has 1 aliphatic rings. The Hall–Kier alpha value is -3.15. The molecule has 1 atom stereocenters. The minimum absolute atomic E-state index is 0.0385. The van der Waals surface area contributed by atoms with Crippen molar-refractivity contribution in [3.63, 3.8) is 0 Å². The molecular weight excluding hydrogens is 424 g/mol. The van der Waals surface area contributed by atoms with Crippen molar-refractivity contribution in [2.24, 2.45) is 0 Å². The van der Waals surface area contributed by atoms with Crippen LogP contribution in [0.2, 0.25) is 0 Å². The zero-order chi connectivity index (χ0) is 22.7. The molecule has 166 valence electrons. The summed E-state index contributed by atoms with van der Waals surface area (Å²) in [6.45, 7) is 8.15. The summed E-state index contributed by atoms with van der Waals surface area (Å²) in [7, 11) is 0. The van der Waals surface area contributed by atoms with Gasteiger partial charge in [-0.2, -0.15) is 5.26 Å². The van der Waals surface area contributed by atoms with Gasteiger partial charge in [-0.15, -0.1) is 0 Å². The van der Waals surface area contributed by atoms with Crippen molar-refractivity contribution >= 4 is 38.7 Å². The van der Waals surface area contributed by atoms with Crippen LogP contribution >= 0.6 is 11.3 Å². The third-order valence-electron chi connectivity index (χ3n) is 5.58. The SMILES string of the molecule is CCOc1ccc2nc(NC(=O)C(C#N)=Cc3cc(C)n(CC4CCCO4)c3C)sc2c1. The number of thiazole rings is 1. The monoisotopic (exact) mass is 450 g/mol. The lowest BCUT2D eigenvalue weighted by Crippen LogP contribution is -2.17. The van der Waals surface area contributed by atoms with Crippen LogP contribution in [-0.4, -0.2) is 34.8 Å². The zero-order valence-electron chi connectivity index (χ0n) is 18.5. The van der Waals surface area contributed by atoms with Crippen LogP contribution in [0.5, 0.6) is 5.75 Å². The molecule has 2 aromatic heterocycles. The van der Waals surface area contributed by atoms with Crippen molar-refractivity contribution in [1.29, 1.82) is 5.26 Å². The maximum absolute atomic E-state index is 12.8. The van der Waals surface area contributed by atoms with E-state index in [4.69, 9.17) is 9.47 Å². The van der Waals surface area contributed by atoms with Crippen molar-refractivity contribution in [2.45, 2.75) is 46.3 Å². The van der Waals surface area contributed by atoms with Gasteiger partial charge in [-0.25, -0.2) is 4.98 Å². The van der Waals surface area contributed by atoms with Crippen molar-refractivity contribution in [3.05, 3.63) is 46.8 Å². The van der Waals surface area contributed by atoms with E-state index in [-0.39, 0.29) is 11.7 Å². The van der Waals surface area contributed by atoms with Crippen LogP contribution in [0.15, 0.2) is 29.8 Å². The fraction of sp³-hybridized carbons (Fsp3) is 0.375. The minimum atomic E-state index is -0.472. The van der Waals surface area contributed by atoms with Gasteiger partial charge in [-0.3, -0.25) is 10.1 Å². The number of aryl methyl sites for hydroxylation is 1. The van der Waals surface area contributed by atoms with E-state index in [0.29, 0.717) is 11.7 Å². The van der Waals surface area contributed by atoms with E-state index in [2.05, 4.69) is 14.9 Å². The molecule has 7 nitrogen and oxygen atoms in total. The van der Waals surface area contributed by atoms with Crippen LogP contribution in [-0.2, 0) is 16.1 Å². The summed E-state index contributed by atoms with van der Waals surface area (Å²) in [5, 5.41) is 12.8. The normalized spacial score (nSPS) is 16.3. The molecule has 1 aromatic carbocycles. The number of aromatic nitrogens is 2. The number of amides is 1. The van der Waals surface area contributed by atoms with E-state index < -0.39 is 5.91 Å². The molecule has 1 amide bonds. The lowest BCUT2D eigenvalue weighted by Gasteiger charge is -2.14. The number of carbonyl (C=O) groups is 1. The minimum Gasteiger partial charge on any atom is -0.494 e. The van der Waals surface area contributed by atoms with Gasteiger partial charge in [0.1, 0.15) is 17.4 Å². The molecule has 1 N–H and O–H groups in total. The predicted molar refractivity (Wildman–Crippen MR) is 126 cm³/mol. The van der Waals surface area contributed by atoms with Crippen LogP contribution in [0.4, 0.5) is 5.13 Å². The number of hydrogen-bond acceptors (Lipinski definition) is 6. The highest BCUT2D eigenvalue weighted by Gasteiger charge is 2.19. The molecule has 0 bridgehead atoms. The van der Waals surface area contributed by atoms with Gasteiger partial charge in [-0.05, 0) is 69.5 Å². The van der Waals surface area contributed by atoms with Gasteiger partial charge < -0.3 is 14.0 Å². The molecule has 8 heteroatoms. The molecule has 4 rings (SSSR count). The Morgan fingerprint density at radius 2 is 2.28 bits per heavy atom. The van der Waals surface area contributed by atoms with Gasteiger partial charge in [0.15, 0.2) is 5.13 Å². The van der Waals surface area contributed by atoms with Gasteiger partial charge in [0.2, 0.25) is 0 Å². The summed E-state index contributed by atoms with van der Waals surface area (Å²) in [6.07, 6.45) is 4.01. The third-order valence-corrected chi connectivity index (χ3v) is 6.51. The second kappa shape index (κ2) is 9.55. The Morgan fingerprint density at radius 1 is 1.44 bits per heavy atom. The van der Waals surface area contributed by atoms with E-state index >= 15 is 0 Å². The van der Waals surface area contributed by atoms with E-state index in [1.807, 2.05) is 51.1 Å². The van der Waals surface area contributed by atoms with Crippen molar-refractivity contribution in [3.8, 4) is 11.8 Å². The topological polar surface area (TPSA) is 89.2 Å². The Labute approximate surface area is 191 Å². The molecule has 0 spiro atoms. The molecule has 32 heavy (non-hydrogen) atoms. The molecule has 1 saturated heterocycles. The van der Waals surface area contributed by atoms with E-state index in [1.165, 1.54) is 11.3 Å². The number of hydrogen-bond donors (Lipinski definition) is 1. The quantitative estimate of drug-likeness (QED) is 0.411. The number of ether oxygens (including phenoxy) is 2. The molecular formula is C24H26N4O3S. The first-order valence-corrected chi connectivity index (χ1v) is 11.5. The zero-order valence-corrected chi connectivity index (χ0v) is 19.3. The average molecular weight is 451 g/mol. The van der Waals surface area contributed by atoms with Crippen molar-refractivity contribution in [1.82, 2.24) is 9.55 Å². The smallest absolute Gasteiger partial charge is 0.268 e. The summed E-state index contributed by atoms with van der Waals surface area (Å²) in [5.41, 5.74) is 3.77. The molecule has 0 radical (unpaired) electrons. The van der Waals surface area contributed by atoms with Crippen LogP contribution < -0.4 is 10.1 Å². The number of anilines is 1. The maximum Gasteiger partial charge on any atom is 0.268 e. The highest BCUT2D eigenvalue weighted by atomic mass is 32.1. The summed E-state index contributed by atoms with van der Waals surface area (Å²) in [6, 6.07) is 9.64. The maximum atomic E-state index is 12.8. The summed E-state index contributed by atoms with van der Waals surface area (Å²) in [4.78, 5) is 17.2. The van der Waals surface area contributed by atoms with Crippen molar-refractivity contribution in [2.75, 3.05) is 18.5 Å². The number of carbonyl (C=O) groups excluding carboxylic acids is 1. The number of rotatable bonds is 7. The second-order valence-electron chi connectivity index (χ2n) is 7.78. The highest BCUT2D eigenvalue weighted by Crippen LogP contribution is 2.30. The Kier molecular flexibility index (Phi) is 6.58. The summed E-state index contributed by atoms with van der Waals surface area (Å²) in [5.74, 6) is 0.290. The average Bonchev–Trinajstić information content (AvgIpc) is 3.48. The van der Waals surface area contributed by atoms with Crippen LogP contribution in [0, 0.1) is 25.2 Å². The van der Waals surface area contributed by atoms with Gasteiger partial charge in [0.25, 0.3) is 5.91 Å². The van der Waals surface area contributed by atoms with Gasteiger partial charge in [0.05, 0.1) is 22.9 Å². The molecule has 0 aliphatic carbocycles. The van der Waals surface area contributed by atoms with E-state index in [1.54, 1.807) is 6.08 Å². The molecule has 3 aromatic rings. The molecule has 0 saturated carbocycles. The Balaban J connectivity index is 1.53. The van der Waals surface area contributed by atoms with E-state index in [0.717, 1.165) is 58.9 Å². The second-order valence-corrected chi connectivity index (χ2v) is 8.81. The van der Waals surface area contributed by atoms with Crippen LogP contribution in [0.25, 0.3) is 16.3 Å². The molecule has 1 unspecified atom stereocenters. The summed E-state index contributed by atoms with van der Waals surface area (Å²) >= 11 is 1.35. The number of nitrogens with one attached hydrogen (secondary N) is 1. The number of nitrogens with zero attached hydrogens (tertiary/aromatic N) is 3. The Bertz CT molecular complexity index is 1210. The van der Waals surface area contributed by atoms with E-state index in [9.17, 15) is 10.1 Å². The fourth-order valence-corrected chi connectivity index (χ4v) is 4.82. The lowest BCUT2D eigenvalue weighted by molar-refractivity contribution is -0.112. The van der Waals surface area contributed by atoms with Gasteiger partial charge in [0, 0.05) is 24.5 Å². The highest BCUT2D eigenvalue weighted by molar-refractivity contribution is 7.22. The first kappa shape index (κ1) is 22.1. The van der Waals surface area contributed by atoms with Gasteiger partial charge >= 0.3 is 0 Å². The predicted octanol–water partition coefficient (Wildman–Crippen LogP) is 4.84.